The first-order valence-corrected chi connectivity index (χ1v) is 6.32. The van der Waals surface area contributed by atoms with Gasteiger partial charge in [-0.3, -0.25) is 0 Å². The zero-order valence-corrected chi connectivity index (χ0v) is 10.7. The Kier molecular flexibility index (Phi) is 2.63. The third-order valence-corrected chi connectivity index (χ3v) is 3.36. The zero-order chi connectivity index (χ0) is 12.5. The lowest BCUT2D eigenvalue weighted by Crippen LogP contribution is -1.98. The highest BCUT2D eigenvalue weighted by Gasteiger charge is 2.12. The summed E-state index contributed by atoms with van der Waals surface area (Å²) >= 11 is 0. The molecule has 90 valence electrons. The smallest absolute Gasteiger partial charge is 0.141 e. The molecule has 2 heteroatoms. The van der Waals surface area contributed by atoms with Crippen molar-refractivity contribution in [1.82, 2.24) is 9.55 Å². The summed E-state index contributed by atoms with van der Waals surface area (Å²) in [4.78, 5) is 4.78. The van der Waals surface area contributed by atoms with Gasteiger partial charge in [0.25, 0.3) is 0 Å². The van der Waals surface area contributed by atoms with Crippen molar-refractivity contribution in [2.24, 2.45) is 0 Å². The predicted octanol–water partition coefficient (Wildman–Crippen LogP) is 4.03. The quantitative estimate of drug-likeness (QED) is 0.656. The van der Waals surface area contributed by atoms with Gasteiger partial charge < -0.3 is 4.57 Å². The lowest BCUT2D eigenvalue weighted by molar-refractivity contribution is 0.796. The first kappa shape index (κ1) is 11.0. The van der Waals surface area contributed by atoms with E-state index in [1.807, 2.05) is 6.07 Å². The van der Waals surface area contributed by atoms with Gasteiger partial charge >= 0.3 is 0 Å². The summed E-state index contributed by atoms with van der Waals surface area (Å²) in [5.41, 5.74) is 4.76. The van der Waals surface area contributed by atoms with Crippen molar-refractivity contribution < 1.29 is 0 Å². The van der Waals surface area contributed by atoms with E-state index in [9.17, 15) is 0 Å². The summed E-state index contributed by atoms with van der Waals surface area (Å²) < 4.78 is 2.28. The third-order valence-electron chi connectivity index (χ3n) is 3.36. The molecule has 1 aromatic heterocycles. The molecule has 0 saturated heterocycles. The van der Waals surface area contributed by atoms with Gasteiger partial charge in [-0.2, -0.15) is 0 Å². The molecule has 0 spiro atoms. The van der Waals surface area contributed by atoms with Crippen LogP contribution in [0.5, 0.6) is 0 Å². The second-order valence-electron chi connectivity index (χ2n) is 4.48. The van der Waals surface area contributed by atoms with Gasteiger partial charge in [0, 0.05) is 12.1 Å². The molecule has 0 saturated carbocycles. The van der Waals surface area contributed by atoms with Gasteiger partial charge in [-0.05, 0) is 31.5 Å². The number of para-hydroxylation sites is 2. The van der Waals surface area contributed by atoms with Gasteiger partial charge in [0.05, 0.1) is 11.0 Å². The van der Waals surface area contributed by atoms with Gasteiger partial charge in [-0.1, -0.05) is 36.4 Å². The fourth-order valence-electron chi connectivity index (χ4n) is 2.43. The molecule has 0 N–H and O–H groups in total. The van der Waals surface area contributed by atoms with Crippen LogP contribution in [-0.4, -0.2) is 9.55 Å². The van der Waals surface area contributed by atoms with Crippen LogP contribution in [-0.2, 0) is 6.54 Å². The zero-order valence-electron chi connectivity index (χ0n) is 10.7. The van der Waals surface area contributed by atoms with Crippen LogP contribution in [0.15, 0.2) is 48.5 Å². The van der Waals surface area contributed by atoms with Gasteiger partial charge in [0.15, 0.2) is 0 Å². The molecule has 0 aliphatic rings. The molecule has 3 rings (SSSR count). The summed E-state index contributed by atoms with van der Waals surface area (Å²) in [6.45, 7) is 5.23. The van der Waals surface area contributed by atoms with Crippen molar-refractivity contribution in [3.8, 4) is 11.4 Å². The molecule has 0 unspecified atom stereocenters. The molecule has 0 amide bonds. The third kappa shape index (κ3) is 1.61. The van der Waals surface area contributed by atoms with Crippen molar-refractivity contribution in [3.05, 3.63) is 54.1 Å². The normalized spacial score (nSPS) is 11.0. The second-order valence-corrected chi connectivity index (χ2v) is 4.48. The number of fused-ring (bicyclic) bond motifs is 1. The number of rotatable bonds is 2. The minimum atomic E-state index is 0.935. The van der Waals surface area contributed by atoms with Crippen LogP contribution in [0.4, 0.5) is 0 Å². The molecule has 2 aromatic carbocycles. The van der Waals surface area contributed by atoms with Crippen molar-refractivity contribution in [2.45, 2.75) is 20.4 Å². The molecule has 2 nitrogen and oxygen atoms in total. The van der Waals surface area contributed by atoms with Crippen molar-refractivity contribution in [1.29, 1.82) is 0 Å². The highest BCUT2D eigenvalue weighted by molar-refractivity contribution is 5.81. The van der Waals surface area contributed by atoms with Crippen LogP contribution in [0, 0.1) is 6.92 Å². The average molecular weight is 236 g/mol. The molecule has 0 aliphatic heterocycles. The fourth-order valence-corrected chi connectivity index (χ4v) is 2.43. The summed E-state index contributed by atoms with van der Waals surface area (Å²) in [6, 6.07) is 16.7. The van der Waals surface area contributed by atoms with Crippen LogP contribution in [0.25, 0.3) is 22.4 Å². The van der Waals surface area contributed by atoms with Gasteiger partial charge in [0.1, 0.15) is 5.82 Å². The largest absolute Gasteiger partial charge is 0.324 e. The Morgan fingerprint density at radius 1 is 1.00 bits per heavy atom. The minimum Gasteiger partial charge on any atom is -0.324 e. The van der Waals surface area contributed by atoms with E-state index in [0.29, 0.717) is 0 Å². The van der Waals surface area contributed by atoms with E-state index in [1.54, 1.807) is 0 Å². The SMILES string of the molecule is CCn1c(-c2ccccc2C)nc2ccccc21. The highest BCUT2D eigenvalue weighted by atomic mass is 15.1. The first-order valence-electron chi connectivity index (χ1n) is 6.32. The Balaban J connectivity index is 2.32. The number of hydrogen-bond acceptors (Lipinski definition) is 1. The van der Waals surface area contributed by atoms with Crippen LogP contribution >= 0.6 is 0 Å². The van der Waals surface area contributed by atoms with Crippen molar-refractivity contribution in [3.63, 3.8) is 0 Å². The Labute approximate surface area is 107 Å². The molecule has 0 fully saturated rings. The summed E-state index contributed by atoms with van der Waals surface area (Å²) in [6.07, 6.45) is 0. The average Bonchev–Trinajstić information content (AvgIpc) is 2.77. The maximum atomic E-state index is 4.78. The van der Waals surface area contributed by atoms with Crippen LogP contribution in [0.1, 0.15) is 12.5 Å². The van der Waals surface area contributed by atoms with E-state index in [4.69, 9.17) is 4.98 Å². The molecule has 3 aromatic rings. The maximum Gasteiger partial charge on any atom is 0.141 e. The number of aryl methyl sites for hydroxylation is 2. The van der Waals surface area contributed by atoms with Crippen LogP contribution in [0.3, 0.4) is 0 Å². The molecular formula is C16H16N2. The number of aromatic nitrogens is 2. The molecular weight excluding hydrogens is 220 g/mol. The number of imidazole rings is 1. The number of nitrogens with zero attached hydrogens (tertiary/aromatic N) is 2. The topological polar surface area (TPSA) is 17.8 Å². The highest BCUT2D eigenvalue weighted by Crippen LogP contribution is 2.26. The summed E-state index contributed by atoms with van der Waals surface area (Å²) in [7, 11) is 0. The number of hydrogen-bond donors (Lipinski definition) is 0. The Morgan fingerprint density at radius 2 is 1.72 bits per heavy atom. The molecule has 0 atom stereocenters. The van der Waals surface area contributed by atoms with Crippen LogP contribution in [0.2, 0.25) is 0 Å². The summed E-state index contributed by atoms with van der Waals surface area (Å²) in [5.74, 6) is 1.07. The van der Waals surface area contributed by atoms with E-state index < -0.39 is 0 Å². The van der Waals surface area contributed by atoms with Crippen LogP contribution < -0.4 is 0 Å². The lowest BCUT2D eigenvalue weighted by atomic mass is 10.1. The lowest BCUT2D eigenvalue weighted by Gasteiger charge is -2.08. The molecule has 0 bridgehead atoms. The van der Waals surface area contributed by atoms with E-state index in [-0.39, 0.29) is 0 Å². The summed E-state index contributed by atoms with van der Waals surface area (Å²) in [5, 5.41) is 0. The van der Waals surface area contributed by atoms with Gasteiger partial charge in [-0.15, -0.1) is 0 Å². The maximum absolute atomic E-state index is 4.78. The van der Waals surface area contributed by atoms with E-state index >= 15 is 0 Å². The molecule has 0 aliphatic carbocycles. The van der Waals surface area contributed by atoms with Gasteiger partial charge in [0.2, 0.25) is 0 Å². The molecule has 18 heavy (non-hydrogen) atoms. The predicted molar refractivity (Wildman–Crippen MR) is 75.6 cm³/mol. The monoisotopic (exact) mass is 236 g/mol. The Hall–Kier alpha value is -2.09. The Morgan fingerprint density at radius 3 is 2.50 bits per heavy atom. The van der Waals surface area contributed by atoms with Gasteiger partial charge in [-0.25, -0.2) is 4.98 Å². The Bertz CT molecular complexity index is 695. The number of benzene rings is 2. The van der Waals surface area contributed by atoms with E-state index in [1.165, 1.54) is 16.6 Å². The first-order chi connectivity index (χ1) is 8.81. The van der Waals surface area contributed by atoms with E-state index in [0.717, 1.165) is 17.9 Å². The second kappa shape index (κ2) is 4.30. The van der Waals surface area contributed by atoms with Crippen molar-refractivity contribution >= 4 is 11.0 Å². The van der Waals surface area contributed by atoms with Crippen molar-refractivity contribution in [2.75, 3.05) is 0 Å². The standard InChI is InChI=1S/C16H16N2/c1-3-18-15-11-7-6-10-14(15)17-16(18)13-9-5-4-8-12(13)2/h4-11H,3H2,1-2H3. The fraction of sp³-hybridized carbons (Fsp3) is 0.188. The molecule has 0 radical (unpaired) electrons. The van der Waals surface area contributed by atoms with E-state index in [2.05, 4.69) is 60.9 Å². The molecule has 1 heterocycles. The minimum absolute atomic E-state index is 0.935.